The summed E-state index contributed by atoms with van der Waals surface area (Å²) in [6.07, 6.45) is 2.98. The van der Waals surface area contributed by atoms with Crippen LogP contribution in [0.15, 0.2) is 84.4 Å². The number of esters is 1. The van der Waals surface area contributed by atoms with E-state index in [1.165, 1.54) is 7.11 Å². The first kappa shape index (κ1) is 28.9. The van der Waals surface area contributed by atoms with Crippen LogP contribution in [0.5, 0.6) is 0 Å². The van der Waals surface area contributed by atoms with Crippen LogP contribution in [-0.2, 0) is 25.5 Å². The van der Waals surface area contributed by atoms with E-state index in [4.69, 9.17) is 9.47 Å². The molecule has 2 aliphatic heterocycles. The van der Waals surface area contributed by atoms with Crippen LogP contribution in [0.4, 0.5) is 4.79 Å². The molecule has 0 bridgehead atoms. The largest absolute Gasteiger partial charge is 0.467 e. The van der Waals surface area contributed by atoms with Gasteiger partial charge in [-0.1, -0.05) is 78.4 Å². The summed E-state index contributed by atoms with van der Waals surface area (Å²) in [5.74, 6) is -0.827. The fraction of sp³-hybridized carbons (Fsp3) is 0.324. The summed E-state index contributed by atoms with van der Waals surface area (Å²) in [6.45, 7) is 4.54. The van der Waals surface area contributed by atoms with Crippen molar-refractivity contribution in [2.75, 3.05) is 20.3 Å². The highest BCUT2D eigenvalue weighted by atomic mass is 16.6. The minimum absolute atomic E-state index is 0.0774. The molecule has 1 N–H and O–H groups in total. The van der Waals surface area contributed by atoms with E-state index in [2.05, 4.69) is 29.2 Å². The first-order valence-corrected chi connectivity index (χ1v) is 15.6. The second-order valence-corrected chi connectivity index (χ2v) is 12.4. The van der Waals surface area contributed by atoms with Gasteiger partial charge in [0, 0.05) is 35.5 Å². The summed E-state index contributed by atoms with van der Waals surface area (Å²) in [5, 5.41) is 1.03. The molecule has 8 heteroatoms. The summed E-state index contributed by atoms with van der Waals surface area (Å²) in [5.41, 5.74) is 8.43. The number of methoxy groups -OCH3 is 1. The highest BCUT2D eigenvalue weighted by Gasteiger charge is 2.47. The molecule has 1 saturated heterocycles. The van der Waals surface area contributed by atoms with Gasteiger partial charge in [-0.3, -0.25) is 9.69 Å². The molecule has 3 aromatic carbocycles. The zero-order valence-electron chi connectivity index (χ0n) is 25.8. The van der Waals surface area contributed by atoms with Gasteiger partial charge >= 0.3 is 12.1 Å². The minimum atomic E-state index is -0.834. The topological polar surface area (TPSA) is 91.9 Å². The van der Waals surface area contributed by atoms with Crippen molar-refractivity contribution in [2.45, 2.75) is 57.2 Å². The predicted molar refractivity (Wildman–Crippen MR) is 172 cm³/mol. The Balaban J connectivity index is 1.17. The van der Waals surface area contributed by atoms with Crippen molar-refractivity contribution >= 4 is 28.9 Å². The number of nitrogens with one attached hydrogen (secondary N) is 1. The number of para-hydroxylation sites is 1. The molecule has 230 valence electrons. The normalized spacial score (nSPS) is 20.4. The first-order chi connectivity index (χ1) is 21.9. The number of carbonyl (C=O) groups is 3. The number of rotatable bonds is 5. The zero-order valence-corrected chi connectivity index (χ0v) is 25.8. The summed E-state index contributed by atoms with van der Waals surface area (Å²) < 4.78 is 11.2. The Hall–Kier alpha value is -4.85. The van der Waals surface area contributed by atoms with E-state index in [-0.39, 0.29) is 18.4 Å². The molecule has 3 heterocycles. The third-order valence-electron chi connectivity index (χ3n) is 9.50. The maximum atomic E-state index is 14.6. The molecule has 1 unspecified atom stereocenters. The lowest BCUT2D eigenvalue weighted by atomic mass is 9.89. The van der Waals surface area contributed by atoms with E-state index < -0.39 is 30.2 Å². The lowest BCUT2D eigenvalue weighted by Crippen LogP contribution is -2.57. The maximum absolute atomic E-state index is 14.6. The number of H-pyrrole nitrogens is 1. The first-order valence-electron chi connectivity index (χ1n) is 15.6. The molecule has 8 nitrogen and oxygen atoms in total. The summed E-state index contributed by atoms with van der Waals surface area (Å²) in [6, 6.07) is 22.3. The van der Waals surface area contributed by atoms with Crippen molar-refractivity contribution < 1.29 is 23.9 Å². The van der Waals surface area contributed by atoms with Crippen molar-refractivity contribution in [3.8, 4) is 11.1 Å². The van der Waals surface area contributed by atoms with E-state index in [9.17, 15) is 14.4 Å². The van der Waals surface area contributed by atoms with Crippen molar-refractivity contribution in [3.05, 3.63) is 107 Å². The van der Waals surface area contributed by atoms with Crippen LogP contribution >= 0.6 is 0 Å². The molecule has 45 heavy (non-hydrogen) atoms. The van der Waals surface area contributed by atoms with Crippen LogP contribution < -0.4 is 0 Å². The number of hydrogen-bond donors (Lipinski definition) is 1. The molecule has 7 rings (SSSR count). The molecule has 2 amide bonds. The van der Waals surface area contributed by atoms with Gasteiger partial charge in [0.2, 0.25) is 5.91 Å². The number of nitrogens with zero attached hydrogens (tertiary/aromatic N) is 2. The molecule has 3 aliphatic rings. The number of likely N-dealkylation sites (tertiary alicyclic amines) is 1. The van der Waals surface area contributed by atoms with E-state index in [1.807, 2.05) is 68.5 Å². The van der Waals surface area contributed by atoms with Gasteiger partial charge in [-0.15, -0.1) is 0 Å². The molecule has 3 atom stereocenters. The Kier molecular flexibility index (Phi) is 7.43. The number of aromatic nitrogens is 1. The Morgan fingerprint density at radius 3 is 2.27 bits per heavy atom. The third-order valence-corrected chi connectivity index (χ3v) is 9.50. The summed E-state index contributed by atoms with van der Waals surface area (Å²) in [7, 11) is 1.35. The van der Waals surface area contributed by atoms with E-state index in [0.717, 1.165) is 50.0 Å². The second kappa shape index (κ2) is 11.6. The van der Waals surface area contributed by atoms with Gasteiger partial charge in [0.1, 0.15) is 18.7 Å². The van der Waals surface area contributed by atoms with Crippen LogP contribution in [0.3, 0.4) is 0 Å². The smallest absolute Gasteiger partial charge is 0.410 e. The number of benzene rings is 3. The molecule has 0 radical (unpaired) electrons. The van der Waals surface area contributed by atoms with Gasteiger partial charge in [-0.25, -0.2) is 9.59 Å². The quantitative estimate of drug-likeness (QED) is 0.207. The average molecular weight is 604 g/mol. The summed E-state index contributed by atoms with van der Waals surface area (Å²) >= 11 is 0. The molecule has 1 aromatic heterocycles. The van der Waals surface area contributed by atoms with Crippen molar-refractivity contribution in [1.82, 2.24) is 14.8 Å². The van der Waals surface area contributed by atoms with Crippen molar-refractivity contribution in [3.63, 3.8) is 0 Å². The highest BCUT2D eigenvalue weighted by molar-refractivity contribution is 5.93. The number of carbonyl (C=O) groups excluding carboxylic acids is 3. The number of ether oxygens (including phenoxy) is 2. The predicted octanol–water partition coefficient (Wildman–Crippen LogP) is 6.52. The van der Waals surface area contributed by atoms with E-state index in [0.29, 0.717) is 25.8 Å². The lowest BCUT2D eigenvalue weighted by molar-refractivity contribution is -0.156. The molecule has 1 fully saturated rings. The fourth-order valence-corrected chi connectivity index (χ4v) is 7.51. The average Bonchev–Trinajstić information content (AvgIpc) is 3.77. The number of allylic oxidation sites excluding steroid dienone is 1. The SMILES string of the molecule is COC(=O)C1Cc2c([nH]c3ccccc23)[C@@H](C=C(C)C)N1C(=O)[C@@H]1CCCN1C(=O)OCC1c2ccccc2-c2ccccc21. The van der Waals surface area contributed by atoms with Crippen LogP contribution in [0.25, 0.3) is 22.0 Å². The number of fused-ring (bicyclic) bond motifs is 6. The monoisotopic (exact) mass is 603 g/mol. The number of hydrogen-bond acceptors (Lipinski definition) is 5. The van der Waals surface area contributed by atoms with Gasteiger partial charge in [-0.2, -0.15) is 0 Å². The molecule has 1 aliphatic carbocycles. The van der Waals surface area contributed by atoms with Crippen molar-refractivity contribution in [2.24, 2.45) is 0 Å². The molecule has 0 spiro atoms. The highest BCUT2D eigenvalue weighted by Crippen LogP contribution is 2.45. The lowest BCUT2D eigenvalue weighted by Gasteiger charge is -2.41. The molecular formula is C37H37N3O5. The van der Waals surface area contributed by atoms with Crippen LogP contribution in [0.2, 0.25) is 0 Å². The van der Waals surface area contributed by atoms with Crippen LogP contribution in [-0.4, -0.2) is 65.1 Å². The number of aromatic amines is 1. The minimum Gasteiger partial charge on any atom is -0.467 e. The van der Waals surface area contributed by atoms with Gasteiger partial charge in [-0.05, 0) is 60.6 Å². The zero-order chi connectivity index (χ0) is 31.2. The molecule has 4 aromatic rings. The van der Waals surface area contributed by atoms with Gasteiger partial charge in [0.25, 0.3) is 0 Å². The molecular weight excluding hydrogens is 566 g/mol. The van der Waals surface area contributed by atoms with Gasteiger partial charge in [0.15, 0.2) is 0 Å². The Morgan fingerprint density at radius 1 is 0.911 bits per heavy atom. The van der Waals surface area contributed by atoms with Gasteiger partial charge in [0.05, 0.1) is 13.2 Å². The Labute approximate surface area is 262 Å². The maximum Gasteiger partial charge on any atom is 0.410 e. The molecule has 0 saturated carbocycles. The van der Waals surface area contributed by atoms with Crippen LogP contribution in [0, 0.1) is 0 Å². The Morgan fingerprint density at radius 2 is 1.58 bits per heavy atom. The summed E-state index contributed by atoms with van der Waals surface area (Å²) in [4.78, 5) is 48.3. The fourth-order valence-electron chi connectivity index (χ4n) is 7.51. The van der Waals surface area contributed by atoms with E-state index in [1.54, 1.807) is 9.80 Å². The second-order valence-electron chi connectivity index (χ2n) is 12.4. The van der Waals surface area contributed by atoms with E-state index >= 15 is 0 Å². The third kappa shape index (κ3) is 4.89. The van der Waals surface area contributed by atoms with Gasteiger partial charge < -0.3 is 19.4 Å². The van der Waals surface area contributed by atoms with Crippen molar-refractivity contribution in [1.29, 1.82) is 0 Å². The van der Waals surface area contributed by atoms with Crippen LogP contribution in [0.1, 0.15) is 61.0 Å². The number of amides is 2. The Bertz CT molecular complexity index is 1790. The standard InChI is InChI=1S/C37H37N3O5/c1-22(2)19-32-34-28(27-15-8-9-16-30(27)38-34)20-33(36(42)44-3)40(32)35(41)31-17-10-18-39(31)37(43)45-21-29-25-13-6-4-11-23(25)24-12-5-7-14-26(24)29/h4-9,11-16,19,29,31-33,38H,10,17-18,20-21H2,1-3H3/t31-,32+,33?/m0/s1.